The van der Waals surface area contributed by atoms with Crippen molar-refractivity contribution < 1.29 is 14.2 Å². The topological polar surface area (TPSA) is 94.2 Å². The van der Waals surface area contributed by atoms with Crippen molar-refractivity contribution in [2.24, 2.45) is 5.92 Å². The third kappa shape index (κ3) is 4.10. The molecule has 4 heterocycles. The van der Waals surface area contributed by atoms with Crippen LogP contribution in [0.5, 0.6) is 0 Å². The van der Waals surface area contributed by atoms with Crippen LogP contribution in [0.1, 0.15) is 5.56 Å². The summed E-state index contributed by atoms with van der Waals surface area (Å²) >= 11 is 6.38. The average molecular weight is 470 g/mol. The molecule has 0 unspecified atom stereocenters. The summed E-state index contributed by atoms with van der Waals surface area (Å²) < 4.78 is 22.5. The van der Waals surface area contributed by atoms with Crippen molar-refractivity contribution in [3.63, 3.8) is 0 Å². The number of nitrogens with zero attached hydrogens (tertiary/aromatic N) is 4. The van der Waals surface area contributed by atoms with E-state index in [4.69, 9.17) is 16.3 Å². The first-order chi connectivity index (χ1) is 16.0. The van der Waals surface area contributed by atoms with Crippen LogP contribution in [0.2, 0.25) is 5.02 Å². The van der Waals surface area contributed by atoms with E-state index in [1.165, 1.54) is 23.0 Å². The maximum absolute atomic E-state index is 14.1. The van der Waals surface area contributed by atoms with Gasteiger partial charge in [0.05, 0.1) is 66.4 Å². The Balaban J connectivity index is 1.48. The molecule has 33 heavy (non-hydrogen) atoms. The molecule has 1 aromatic carbocycles. The lowest BCUT2D eigenvalue weighted by atomic mass is 10.1. The molecule has 0 saturated carbocycles. The summed E-state index contributed by atoms with van der Waals surface area (Å²) in [6.45, 7) is 1.14. The summed E-state index contributed by atoms with van der Waals surface area (Å²) in [6, 6.07) is 9.82. The number of fused-ring (bicyclic) bond motifs is 1. The maximum Gasteiger partial charge on any atom is 0.266 e. The first-order valence-corrected chi connectivity index (χ1v) is 10.8. The third-order valence-corrected chi connectivity index (χ3v) is 6.14. The quantitative estimate of drug-likeness (QED) is 0.451. The zero-order valence-corrected chi connectivity index (χ0v) is 18.2. The summed E-state index contributed by atoms with van der Waals surface area (Å²) in [6.07, 6.45) is 4.57. The number of aliphatic hydroxyl groups excluding tert-OH is 1. The van der Waals surface area contributed by atoms with E-state index < -0.39 is 0 Å². The number of aliphatic hydroxyl groups is 1. The number of aromatic nitrogens is 4. The van der Waals surface area contributed by atoms with Crippen LogP contribution in [-0.2, 0) is 11.3 Å². The van der Waals surface area contributed by atoms with Crippen molar-refractivity contribution in [2.45, 2.75) is 12.6 Å². The lowest BCUT2D eigenvalue weighted by Gasteiger charge is -2.18. The largest absolute Gasteiger partial charge is 0.396 e. The van der Waals surface area contributed by atoms with Gasteiger partial charge in [-0.3, -0.25) is 14.0 Å². The molecule has 0 aliphatic carbocycles. The molecule has 5 rings (SSSR count). The van der Waals surface area contributed by atoms with Gasteiger partial charge in [-0.25, -0.2) is 9.37 Å². The van der Waals surface area contributed by atoms with Gasteiger partial charge < -0.3 is 15.2 Å². The predicted octanol–water partition coefficient (Wildman–Crippen LogP) is 2.84. The van der Waals surface area contributed by atoms with Gasteiger partial charge in [0, 0.05) is 23.7 Å². The van der Waals surface area contributed by atoms with Crippen molar-refractivity contribution in [1.82, 2.24) is 19.3 Å². The minimum atomic E-state index is -0.325. The number of hydrogen-bond acceptors (Lipinski definition) is 6. The molecule has 1 aliphatic heterocycles. The normalized spacial score (nSPS) is 18.2. The van der Waals surface area contributed by atoms with Gasteiger partial charge in [-0.2, -0.15) is 5.10 Å². The Morgan fingerprint density at radius 1 is 1.24 bits per heavy atom. The highest BCUT2D eigenvalue weighted by molar-refractivity contribution is 6.32. The van der Waals surface area contributed by atoms with Crippen LogP contribution in [0.15, 0.2) is 59.8 Å². The van der Waals surface area contributed by atoms with E-state index in [1.807, 2.05) is 0 Å². The first-order valence-electron chi connectivity index (χ1n) is 10.5. The molecule has 0 radical (unpaired) electrons. The molecule has 1 aliphatic rings. The average Bonchev–Trinajstić information content (AvgIpc) is 3.44. The van der Waals surface area contributed by atoms with Crippen LogP contribution in [-0.4, -0.2) is 50.3 Å². The number of benzene rings is 1. The lowest BCUT2D eigenvalue weighted by Crippen LogP contribution is -2.30. The molecule has 0 spiro atoms. The monoisotopic (exact) mass is 469 g/mol. The number of halogens is 2. The lowest BCUT2D eigenvalue weighted by molar-refractivity contribution is 0.161. The van der Waals surface area contributed by atoms with Crippen LogP contribution in [0.3, 0.4) is 0 Å². The molecule has 2 atom stereocenters. The Hall–Kier alpha value is -3.27. The van der Waals surface area contributed by atoms with Gasteiger partial charge in [0.25, 0.3) is 5.56 Å². The van der Waals surface area contributed by atoms with Crippen LogP contribution < -0.4 is 10.9 Å². The second-order valence-corrected chi connectivity index (χ2v) is 8.34. The van der Waals surface area contributed by atoms with Gasteiger partial charge in [-0.1, -0.05) is 29.8 Å². The highest BCUT2D eigenvalue weighted by atomic mass is 35.5. The van der Waals surface area contributed by atoms with Gasteiger partial charge in [0.2, 0.25) is 0 Å². The van der Waals surface area contributed by atoms with E-state index in [2.05, 4.69) is 15.4 Å². The number of ether oxygens (including phenoxy) is 1. The highest BCUT2D eigenvalue weighted by Crippen LogP contribution is 2.25. The molecule has 8 nitrogen and oxygen atoms in total. The Bertz CT molecular complexity index is 1370. The van der Waals surface area contributed by atoms with Gasteiger partial charge in [-0.15, -0.1) is 0 Å². The zero-order valence-electron chi connectivity index (χ0n) is 17.5. The van der Waals surface area contributed by atoms with Gasteiger partial charge in [-0.05, 0) is 12.1 Å². The van der Waals surface area contributed by atoms with E-state index in [-0.39, 0.29) is 36.5 Å². The molecule has 0 bridgehead atoms. The third-order valence-electron chi connectivity index (χ3n) is 5.85. The number of hydrogen-bond donors (Lipinski definition) is 2. The van der Waals surface area contributed by atoms with Gasteiger partial charge >= 0.3 is 0 Å². The minimum absolute atomic E-state index is 0.00507. The fourth-order valence-electron chi connectivity index (χ4n) is 4.00. The number of rotatable bonds is 6. The minimum Gasteiger partial charge on any atom is -0.396 e. The van der Waals surface area contributed by atoms with Crippen molar-refractivity contribution in [2.75, 3.05) is 25.1 Å². The van der Waals surface area contributed by atoms with Gasteiger partial charge in [0.15, 0.2) is 0 Å². The first kappa shape index (κ1) is 21.6. The molecule has 1 saturated heterocycles. The number of anilines is 1. The smallest absolute Gasteiger partial charge is 0.266 e. The van der Waals surface area contributed by atoms with E-state index in [0.717, 1.165) is 0 Å². The van der Waals surface area contributed by atoms with E-state index in [9.17, 15) is 14.3 Å². The standard InChI is InChI=1S/C23H21ClFN5O3/c24-17-9-26-22(28-19-13-33-12-15(19)11-31)7-21(17)29-6-5-20-16(23(29)32)8-27-30(20)10-14-3-1-2-4-18(14)25/h1-9,15,19,31H,10-13H2,(H,26,28)/t15-,19+/m0/s1. The Morgan fingerprint density at radius 2 is 2.09 bits per heavy atom. The molecule has 0 amide bonds. The molecule has 170 valence electrons. The summed E-state index contributed by atoms with van der Waals surface area (Å²) in [5, 5.41) is 17.7. The fourth-order valence-corrected chi connectivity index (χ4v) is 4.20. The van der Waals surface area contributed by atoms with E-state index in [0.29, 0.717) is 46.2 Å². The highest BCUT2D eigenvalue weighted by Gasteiger charge is 2.28. The van der Waals surface area contributed by atoms with E-state index in [1.54, 1.807) is 41.2 Å². The van der Waals surface area contributed by atoms with E-state index >= 15 is 0 Å². The van der Waals surface area contributed by atoms with Crippen LogP contribution in [0.4, 0.5) is 10.2 Å². The summed E-state index contributed by atoms with van der Waals surface area (Å²) in [5.41, 5.74) is 1.24. The zero-order chi connectivity index (χ0) is 22.9. The summed E-state index contributed by atoms with van der Waals surface area (Å²) in [4.78, 5) is 17.6. The number of pyridine rings is 2. The Kier molecular flexibility index (Phi) is 5.84. The van der Waals surface area contributed by atoms with Gasteiger partial charge in [0.1, 0.15) is 11.6 Å². The van der Waals surface area contributed by atoms with Crippen molar-refractivity contribution >= 4 is 28.3 Å². The molecule has 1 fully saturated rings. The Morgan fingerprint density at radius 3 is 2.91 bits per heavy atom. The number of nitrogens with one attached hydrogen (secondary N) is 1. The predicted molar refractivity (Wildman–Crippen MR) is 122 cm³/mol. The summed E-state index contributed by atoms with van der Waals surface area (Å²) in [5.74, 6) is 0.157. The maximum atomic E-state index is 14.1. The van der Waals surface area contributed by atoms with Crippen molar-refractivity contribution in [3.8, 4) is 5.69 Å². The Labute approximate surface area is 193 Å². The van der Waals surface area contributed by atoms with Crippen molar-refractivity contribution in [1.29, 1.82) is 0 Å². The van der Waals surface area contributed by atoms with Crippen molar-refractivity contribution in [3.05, 3.63) is 81.7 Å². The van der Waals surface area contributed by atoms with Crippen LogP contribution >= 0.6 is 11.6 Å². The molecular weight excluding hydrogens is 449 g/mol. The second-order valence-electron chi connectivity index (χ2n) is 7.94. The molecule has 10 heteroatoms. The van der Waals surface area contributed by atoms with Crippen LogP contribution in [0, 0.1) is 11.7 Å². The molecule has 3 aromatic heterocycles. The molecular formula is C23H21ClFN5O3. The molecule has 2 N–H and O–H groups in total. The SMILES string of the molecule is O=c1c2cnn(Cc3ccccc3F)c2ccn1-c1cc(N[C@@H]2COC[C@@H]2CO)ncc1Cl. The summed E-state index contributed by atoms with van der Waals surface area (Å²) in [7, 11) is 0. The molecule has 4 aromatic rings. The van der Waals surface area contributed by atoms with Crippen LogP contribution in [0.25, 0.3) is 16.6 Å². The second kappa shape index (κ2) is 8.93. The fraction of sp³-hybridized carbons (Fsp3) is 0.261.